The molecule has 2 fully saturated rings. The topological polar surface area (TPSA) is 109 Å². The van der Waals surface area contributed by atoms with Crippen molar-refractivity contribution in [1.82, 2.24) is 9.47 Å². The molecule has 0 amide bonds. The van der Waals surface area contributed by atoms with Crippen molar-refractivity contribution in [3.8, 4) is 0 Å². The fourth-order valence-electron chi connectivity index (χ4n) is 4.65. The van der Waals surface area contributed by atoms with E-state index in [4.69, 9.17) is 20.4 Å². The van der Waals surface area contributed by atoms with E-state index in [1.165, 1.54) is 6.20 Å². The molecule has 1 saturated carbocycles. The highest BCUT2D eigenvalue weighted by atomic mass is 35.5. The number of aromatic carboxylic acids is 1. The zero-order chi connectivity index (χ0) is 24.3. The summed E-state index contributed by atoms with van der Waals surface area (Å²) in [7, 11) is 0. The Morgan fingerprint density at radius 1 is 1.26 bits per heavy atom. The molecule has 0 spiro atoms. The van der Waals surface area contributed by atoms with Crippen LogP contribution in [0, 0.1) is 12.7 Å². The van der Waals surface area contributed by atoms with Crippen LogP contribution in [0.4, 0.5) is 10.1 Å². The number of aryl methyl sites for hydroxylation is 1. The van der Waals surface area contributed by atoms with Gasteiger partial charge in [0.1, 0.15) is 17.1 Å². The molecule has 3 aromatic rings. The van der Waals surface area contributed by atoms with Crippen LogP contribution < -0.4 is 16.2 Å². The molecular weight excluding hydrogens is 469 g/mol. The number of pyridine rings is 1. The fourth-order valence-corrected chi connectivity index (χ4v) is 5.06. The van der Waals surface area contributed by atoms with Gasteiger partial charge in [-0.2, -0.15) is 0 Å². The van der Waals surface area contributed by atoms with Crippen LogP contribution in [0.15, 0.2) is 30.7 Å². The van der Waals surface area contributed by atoms with Crippen molar-refractivity contribution in [2.45, 2.75) is 45.3 Å². The molecule has 11 heteroatoms. The summed E-state index contributed by atoms with van der Waals surface area (Å²) in [6, 6.07) is 1.10. The molecule has 1 N–H and O–H groups in total. The van der Waals surface area contributed by atoms with Crippen LogP contribution in [0.3, 0.4) is 0 Å². The minimum atomic E-state index is -1.35. The number of piperazine rings is 1. The van der Waals surface area contributed by atoms with Gasteiger partial charge in [0.05, 0.1) is 28.2 Å². The molecule has 2 aromatic heterocycles. The highest BCUT2D eigenvalue weighted by Crippen LogP contribution is 2.42. The average molecular weight is 492 g/mol. The van der Waals surface area contributed by atoms with E-state index in [0.29, 0.717) is 43.2 Å². The highest BCUT2D eigenvalue weighted by molar-refractivity contribution is 6.38. The Balaban J connectivity index is 1.51. The van der Waals surface area contributed by atoms with E-state index in [2.05, 4.69) is 4.90 Å². The van der Waals surface area contributed by atoms with Gasteiger partial charge in [0.25, 0.3) is 0 Å². The van der Waals surface area contributed by atoms with E-state index in [0.717, 1.165) is 18.9 Å². The number of hydrogen-bond acceptors (Lipinski definition) is 7. The summed E-state index contributed by atoms with van der Waals surface area (Å²) in [6.45, 7) is 5.49. The number of rotatable bonds is 5. The third kappa shape index (κ3) is 3.80. The van der Waals surface area contributed by atoms with Crippen LogP contribution in [0.25, 0.3) is 10.9 Å². The molecule has 0 bridgehead atoms. The van der Waals surface area contributed by atoms with Crippen molar-refractivity contribution in [1.29, 1.82) is 0 Å². The van der Waals surface area contributed by atoms with Crippen molar-refractivity contribution < 1.29 is 23.1 Å². The molecule has 1 aliphatic carbocycles. The number of aromatic nitrogens is 1. The molecule has 9 nitrogen and oxygen atoms in total. The standard InChI is InChI=1S/C23H23ClFN3O6/c1-11-8-27(6-5-26(11)10-17-12(2)33-23(32)34-17)20-16(25)7-14-19(18(20)24)28(13-3-4-13)9-15(21(14)29)22(30)31/h7,9,11,13H,3-6,8,10H2,1-2H3,(H,30,31). The number of fused-ring (bicyclic) bond motifs is 1. The second kappa shape index (κ2) is 8.28. The van der Waals surface area contributed by atoms with E-state index in [-0.39, 0.29) is 28.2 Å². The Bertz CT molecular complexity index is 1420. The van der Waals surface area contributed by atoms with Gasteiger partial charge in [-0.3, -0.25) is 9.69 Å². The van der Waals surface area contributed by atoms with Crippen LogP contribution in [0.1, 0.15) is 47.7 Å². The number of hydrogen-bond donors (Lipinski definition) is 1. The zero-order valence-corrected chi connectivity index (χ0v) is 19.4. The molecule has 180 valence electrons. The van der Waals surface area contributed by atoms with Crippen LogP contribution in [-0.4, -0.2) is 46.2 Å². The molecule has 1 aliphatic heterocycles. The van der Waals surface area contributed by atoms with Gasteiger partial charge in [-0.25, -0.2) is 14.0 Å². The summed E-state index contributed by atoms with van der Waals surface area (Å²) in [5, 5.41) is 9.52. The quantitative estimate of drug-likeness (QED) is 0.578. The Hall–Kier alpha value is -3.11. The van der Waals surface area contributed by atoms with Crippen LogP contribution in [0.2, 0.25) is 5.02 Å². The molecule has 2 aliphatic rings. The van der Waals surface area contributed by atoms with E-state index in [1.54, 1.807) is 11.5 Å². The van der Waals surface area contributed by atoms with E-state index < -0.39 is 28.6 Å². The molecule has 3 heterocycles. The van der Waals surface area contributed by atoms with Gasteiger partial charge in [0.2, 0.25) is 5.43 Å². The second-order valence-corrected chi connectivity index (χ2v) is 9.31. The summed E-state index contributed by atoms with van der Waals surface area (Å²) >= 11 is 6.73. The summed E-state index contributed by atoms with van der Waals surface area (Å²) in [5.41, 5.74) is -0.585. The van der Waals surface area contributed by atoms with Crippen molar-refractivity contribution >= 4 is 34.2 Å². The van der Waals surface area contributed by atoms with Gasteiger partial charge in [-0.15, -0.1) is 0 Å². The molecule has 1 aromatic carbocycles. The van der Waals surface area contributed by atoms with Crippen LogP contribution >= 0.6 is 11.6 Å². The van der Waals surface area contributed by atoms with Crippen LogP contribution in [-0.2, 0) is 6.54 Å². The maximum Gasteiger partial charge on any atom is 0.519 e. The van der Waals surface area contributed by atoms with E-state index in [9.17, 15) is 19.5 Å². The molecule has 1 atom stereocenters. The Morgan fingerprint density at radius 2 is 2.00 bits per heavy atom. The lowest BCUT2D eigenvalue weighted by Crippen LogP contribution is -2.51. The third-order valence-corrected chi connectivity index (χ3v) is 6.98. The first-order valence-corrected chi connectivity index (χ1v) is 11.4. The summed E-state index contributed by atoms with van der Waals surface area (Å²) in [5.74, 6) is -1.87. The van der Waals surface area contributed by atoms with Crippen molar-refractivity contribution in [3.05, 3.63) is 61.0 Å². The minimum Gasteiger partial charge on any atom is -0.477 e. The van der Waals surface area contributed by atoms with Gasteiger partial charge in [0, 0.05) is 37.9 Å². The van der Waals surface area contributed by atoms with Crippen molar-refractivity contribution in [2.75, 3.05) is 24.5 Å². The summed E-state index contributed by atoms with van der Waals surface area (Å²) < 4.78 is 27.1. The Kier molecular flexibility index (Phi) is 5.52. The summed E-state index contributed by atoms with van der Waals surface area (Å²) in [4.78, 5) is 39.6. The van der Waals surface area contributed by atoms with Gasteiger partial charge < -0.3 is 23.4 Å². The van der Waals surface area contributed by atoms with Crippen molar-refractivity contribution in [2.24, 2.45) is 0 Å². The van der Waals surface area contributed by atoms with Crippen molar-refractivity contribution in [3.63, 3.8) is 0 Å². The number of anilines is 1. The SMILES string of the molecule is Cc1oc(=O)oc1CN1CCN(c2c(F)cc3c(=O)c(C(=O)O)cn(C4CC4)c3c2Cl)CC1C. The smallest absolute Gasteiger partial charge is 0.477 e. The first-order chi connectivity index (χ1) is 16.2. The van der Waals surface area contributed by atoms with Crippen LogP contribution in [0.5, 0.6) is 0 Å². The fraction of sp³-hybridized carbons (Fsp3) is 0.435. The lowest BCUT2D eigenvalue weighted by molar-refractivity contribution is 0.0695. The first kappa shape index (κ1) is 22.7. The largest absolute Gasteiger partial charge is 0.519 e. The monoisotopic (exact) mass is 491 g/mol. The number of carboxylic acids is 1. The zero-order valence-electron chi connectivity index (χ0n) is 18.6. The number of benzene rings is 1. The lowest BCUT2D eigenvalue weighted by Gasteiger charge is -2.41. The van der Waals surface area contributed by atoms with Gasteiger partial charge in [-0.05, 0) is 32.8 Å². The lowest BCUT2D eigenvalue weighted by atomic mass is 10.1. The molecule has 1 saturated heterocycles. The number of carboxylic acid groups (broad SMARTS) is 1. The number of nitrogens with zero attached hydrogens (tertiary/aromatic N) is 3. The molecule has 1 unspecified atom stereocenters. The highest BCUT2D eigenvalue weighted by Gasteiger charge is 2.32. The maximum absolute atomic E-state index is 15.4. The summed E-state index contributed by atoms with van der Waals surface area (Å²) in [6.07, 6.45) is 2.98. The molecule has 0 radical (unpaired) electrons. The second-order valence-electron chi connectivity index (χ2n) is 8.93. The number of carbonyl (C=O) groups is 1. The predicted octanol–water partition coefficient (Wildman–Crippen LogP) is 3.39. The molecule has 34 heavy (non-hydrogen) atoms. The van der Waals surface area contributed by atoms with Gasteiger partial charge >= 0.3 is 11.8 Å². The van der Waals surface area contributed by atoms with Gasteiger partial charge in [0.15, 0.2) is 5.76 Å². The first-order valence-electron chi connectivity index (χ1n) is 11.0. The predicted molar refractivity (Wildman–Crippen MR) is 122 cm³/mol. The average Bonchev–Trinajstić information content (AvgIpc) is 3.55. The third-order valence-electron chi connectivity index (χ3n) is 6.62. The Morgan fingerprint density at radius 3 is 2.59 bits per heavy atom. The van der Waals surface area contributed by atoms with E-state index in [1.807, 2.05) is 11.8 Å². The molecule has 5 rings (SSSR count). The minimum absolute atomic E-state index is 0.0282. The van der Waals surface area contributed by atoms with Gasteiger partial charge in [-0.1, -0.05) is 11.6 Å². The normalized spacial score (nSPS) is 19.2. The Labute approximate surface area is 197 Å². The molecular formula is C23H23ClFN3O6. The maximum atomic E-state index is 15.4. The number of halogens is 2. The van der Waals surface area contributed by atoms with E-state index >= 15 is 4.39 Å².